The second kappa shape index (κ2) is 14.3. The zero-order valence-electron chi connectivity index (χ0n) is 23.2. The molecule has 0 aliphatic rings. The predicted octanol–water partition coefficient (Wildman–Crippen LogP) is 4.78. The Labute approximate surface area is 245 Å². The Kier molecular flexibility index (Phi) is 11.2. The second-order valence-corrected chi connectivity index (χ2v) is 12.5. The molecule has 3 aromatic carbocycles. The van der Waals surface area contributed by atoms with Gasteiger partial charge in [0.2, 0.25) is 21.8 Å². The van der Waals surface area contributed by atoms with E-state index in [1.54, 1.807) is 43.5 Å². The van der Waals surface area contributed by atoms with Crippen LogP contribution in [-0.2, 0) is 32.6 Å². The summed E-state index contributed by atoms with van der Waals surface area (Å²) in [6.45, 7) is 3.49. The van der Waals surface area contributed by atoms with Gasteiger partial charge in [0.1, 0.15) is 18.3 Å². The number of nitrogens with one attached hydrogen (secondary N) is 1. The van der Waals surface area contributed by atoms with Crippen molar-refractivity contribution in [3.8, 4) is 5.75 Å². The number of hydrogen-bond acceptors (Lipinski definition) is 5. The van der Waals surface area contributed by atoms with E-state index in [4.69, 9.17) is 4.74 Å². The van der Waals surface area contributed by atoms with E-state index < -0.39 is 28.5 Å². The van der Waals surface area contributed by atoms with E-state index in [0.717, 1.165) is 28.1 Å². The summed E-state index contributed by atoms with van der Waals surface area (Å²) in [6.07, 6.45) is 2.04. The van der Waals surface area contributed by atoms with Gasteiger partial charge in [-0.2, -0.15) is 0 Å². The number of anilines is 1. The van der Waals surface area contributed by atoms with Crippen molar-refractivity contribution in [3.05, 3.63) is 94.5 Å². The summed E-state index contributed by atoms with van der Waals surface area (Å²) in [7, 11) is -2.27. The van der Waals surface area contributed by atoms with E-state index in [-0.39, 0.29) is 24.9 Å². The molecule has 10 heteroatoms. The highest BCUT2D eigenvalue weighted by Crippen LogP contribution is 2.24. The van der Waals surface area contributed by atoms with Gasteiger partial charge < -0.3 is 15.0 Å². The third-order valence-corrected chi connectivity index (χ3v) is 8.17. The summed E-state index contributed by atoms with van der Waals surface area (Å²) in [6, 6.07) is 22.5. The van der Waals surface area contributed by atoms with Crippen molar-refractivity contribution in [1.82, 2.24) is 10.2 Å². The molecule has 0 aromatic heterocycles. The molecule has 2 amide bonds. The number of ether oxygens (including phenoxy) is 1. The maximum absolute atomic E-state index is 14.1. The number of amides is 2. The van der Waals surface area contributed by atoms with Crippen LogP contribution in [0.4, 0.5) is 5.69 Å². The number of carbonyl (C=O) groups is 2. The number of carbonyl (C=O) groups excluding carboxylic acids is 2. The minimum absolute atomic E-state index is 0.0809. The molecule has 1 N–H and O–H groups in total. The number of halogens is 1. The van der Waals surface area contributed by atoms with Crippen LogP contribution in [0.5, 0.6) is 5.75 Å². The maximum atomic E-state index is 14.1. The van der Waals surface area contributed by atoms with Crippen LogP contribution in [0.1, 0.15) is 31.4 Å². The third-order valence-electron chi connectivity index (χ3n) is 6.53. The average Bonchev–Trinajstić information content (AvgIpc) is 2.93. The highest BCUT2D eigenvalue weighted by Gasteiger charge is 2.33. The summed E-state index contributed by atoms with van der Waals surface area (Å²) in [5, 5.41) is 3.02. The van der Waals surface area contributed by atoms with Crippen molar-refractivity contribution in [2.24, 2.45) is 0 Å². The van der Waals surface area contributed by atoms with Gasteiger partial charge in [-0.25, -0.2) is 8.42 Å². The van der Waals surface area contributed by atoms with Gasteiger partial charge in [-0.3, -0.25) is 13.9 Å². The van der Waals surface area contributed by atoms with Crippen molar-refractivity contribution in [2.45, 2.75) is 45.3 Å². The molecule has 8 nitrogen and oxygen atoms in total. The largest absolute Gasteiger partial charge is 0.497 e. The predicted molar refractivity (Wildman–Crippen MR) is 162 cm³/mol. The standard InChI is InChI=1S/C30H36BrN3O5S/c1-5-22(2)32-30(36)28(18-23-11-7-6-8-12-23)33(20-24-13-9-16-27(17-24)39-3)29(35)21-34(40(4,37)38)26-15-10-14-25(31)19-26/h6-17,19,22,28H,5,18,20-21H2,1-4H3,(H,32,36)/t22-,28-/m0/s1. The molecule has 0 radical (unpaired) electrons. The molecule has 0 aliphatic heterocycles. The van der Waals surface area contributed by atoms with Crippen LogP contribution >= 0.6 is 15.9 Å². The van der Waals surface area contributed by atoms with Crippen LogP contribution in [0.25, 0.3) is 0 Å². The smallest absolute Gasteiger partial charge is 0.244 e. The minimum Gasteiger partial charge on any atom is -0.497 e. The van der Waals surface area contributed by atoms with Gasteiger partial charge in [0.25, 0.3) is 0 Å². The van der Waals surface area contributed by atoms with Crippen LogP contribution in [0.2, 0.25) is 0 Å². The fourth-order valence-corrected chi connectivity index (χ4v) is 5.44. The molecule has 3 aromatic rings. The number of benzene rings is 3. The normalized spacial score (nSPS) is 12.7. The molecule has 3 rings (SSSR count). The lowest BCUT2D eigenvalue weighted by Gasteiger charge is -2.34. The Balaban J connectivity index is 2.07. The first kappa shape index (κ1) is 31.2. The van der Waals surface area contributed by atoms with Gasteiger partial charge in [0, 0.05) is 23.5 Å². The van der Waals surface area contributed by atoms with Gasteiger partial charge in [0.05, 0.1) is 19.1 Å². The summed E-state index contributed by atoms with van der Waals surface area (Å²) >= 11 is 3.38. The topological polar surface area (TPSA) is 96.0 Å². The summed E-state index contributed by atoms with van der Waals surface area (Å²) in [5.41, 5.74) is 1.97. The fraction of sp³-hybridized carbons (Fsp3) is 0.333. The molecule has 2 atom stereocenters. The van der Waals surface area contributed by atoms with E-state index >= 15 is 0 Å². The highest BCUT2D eigenvalue weighted by atomic mass is 79.9. The van der Waals surface area contributed by atoms with E-state index in [2.05, 4.69) is 21.2 Å². The molecule has 214 valence electrons. The summed E-state index contributed by atoms with van der Waals surface area (Å²) in [5.74, 6) is -0.197. The van der Waals surface area contributed by atoms with Crippen LogP contribution in [-0.4, -0.2) is 57.1 Å². The number of rotatable bonds is 13. The van der Waals surface area contributed by atoms with Crippen molar-refractivity contribution in [1.29, 1.82) is 0 Å². The molecule has 0 saturated heterocycles. The Morgan fingerprint density at radius 1 is 0.975 bits per heavy atom. The molecule has 0 spiro atoms. The fourth-order valence-electron chi connectivity index (χ4n) is 4.21. The molecule has 0 bridgehead atoms. The monoisotopic (exact) mass is 629 g/mol. The van der Waals surface area contributed by atoms with E-state index in [1.165, 1.54) is 4.90 Å². The Bertz CT molecular complexity index is 1400. The Morgan fingerprint density at radius 3 is 2.27 bits per heavy atom. The highest BCUT2D eigenvalue weighted by molar-refractivity contribution is 9.10. The van der Waals surface area contributed by atoms with E-state index in [9.17, 15) is 18.0 Å². The number of sulfonamides is 1. The van der Waals surface area contributed by atoms with Crippen molar-refractivity contribution >= 4 is 43.5 Å². The molecule has 0 aliphatic carbocycles. The molecule has 0 heterocycles. The molecular formula is C30H36BrN3O5S. The van der Waals surface area contributed by atoms with Crippen LogP contribution in [0, 0.1) is 0 Å². The van der Waals surface area contributed by atoms with E-state index in [0.29, 0.717) is 15.9 Å². The van der Waals surface area contributed by atoms with Crippen LogP contribution in [0.3, 0.4) is 0 Å². The second-order valence-electron chi connectivity index (χ2n) is 9.65. The molecule has 0 unspecified atom stereocenters. The number of hydrogen-bond donors (Lipinski definition) is 1. The minimum atomic E-state index is -3.83. The SMILES string of the molecule is CC[C@H](C)NC(=O)[C@H](Cc1ccccc1)N(Cc1cccc(OC)c1)C(=O)CN(c1cccc(Br)c1)S(C)(=O)=O. The first-order valence-electron chi connectivity index (χ1n) is 13.0. The average molecular weight is 631 g/mol. The molecular weight excluding hydrogens is 594 g/mol. The van der Waals surface area contributed by atoms with Crippen molar-refractivity contribution < 1.29 is 22.7 Å². The van der Waals surface area contributed by atoms with Gasteiger partial charge in [-0.05, 0) is 54.8 Å². The van der Waals surface area contributed by atoms with Crippen molar-refractivity contribution in [3.63, 3.8) is 0 Å². The Morgan fingerprint density at radius 2 is 1.65 bits per heavy atom. The lowest BCUT2D eigenvalue weighted by atomic mass is 10.0. The Hall–Kier alpha value is -3.37. The van der Waals surface area contributed by atoms with Gasteiger partial charge in [0.15, 0.2) is 0 Å². The van der Waals surface area contributed by atoms with Gasteiger partial charge in [-0.1, -0.05) is 71.4 Å². The summed E-state index contributed by atoms with van der Waals surface area (Å²) in [4.78, 5) is 29.3. The summed E-state index contributed by atoms with van der Waals surface area (Å²) < 4.78 is 32.8. The maximum Gasteiger partial charge on any atom is 0.244 e. The number of nitrogens with zero attached hydrogens (tertiary/aromatic N) is 2. The van der Waals surface area contributed by atoms with Gasteiger partial charge >= 0.3 is 0 Å². The van der Waals surface area contributed by atoms with Gasteiger partial charge in [-0.15, -0.1) is 0 Å². The molecule has 0 saturated carbocycles. The quantitative estimate of drug-likeness (QED) is 0.294. The van der Waals surface area contributed by atoms with E-state index in [1.807, 2.05) is 56.3 Å². The first-order chi connectivity index (χ1) is 19.0. The molecule has 40 heavy (non-hydrogen) atoms. The molecule has 0 fully saturated rings. The van der Waals surface area contributed by atoms with Crippen LogP contribution < -0.4 is 14.4 Å². The van der Waals surface area contributed by atoms with Crippen molar-refractivity contribution in [2.75, 3.05) is 24.2 Å². The zero-order valence-corrected chi connectivity index (χ0v) is 25.6. The number of methoxy groups -OCH3 is 1. The first-order valence-corrected chi connectivity index (χ1v) is 15.7. The zero-order chi connectivity index (χ0) is 29.3. The lowest BCUT2D eigenvalue weighted by molar-refractivity contribution is -0.140. The lowest BCUT2D eigenvalue weighted by Crippen LogP contribution is -2.54. The van der Waals surface area contributed by atoms with Crippen LogP contribution in [0.15, 0.2) is 83.3 Å². The third kappa shape index (κ3) is 8.82.